The fourth-order valence-corrected chi connectivity index (χ4v) is 6.22. The molecule has 9 nitrogen and oxygen atoms in total. The Hall–Kier alpha value is -3.96. The Morgan fingerprint density at radius 3 is 2.39 bits per heavy atom. The van der Waals surface area contributed by atoms with Crippen molar-refractivity contribution in [2.24, 2.45) is 0 Å². The number of anilines is 1. The molecule has 4 heterocycles. The van der Waals surface area contributed by atoms with E-state index in [4.69, 9.17) is 16.6 Å². The van der Waals surface area contributed by atoms with Crippen molar-refractivity contribution in [3.63, 3.8) is 0 Å². The third kappa shape index (κ3) is 4.82. The summed E-state index contributed by atoms with van der Waals surface area (Å²) >= 11 is 5.75. The largest absolute Gasteiger partial charge is 0.450 e. The van der Waals surface area contributed by atoms with E-state index >= 15 is 0 Å². The minimum Gasteiger partial charge on any atom is -0.450 e. The van der Waals surface area contributed by atoms with Gasteiger partial charge in [0.1, 0.15) is 29.0 Å². The number of fused-ring (bicyclic) bond motifs is 3. The van der Waals surface area contributed by atoms with E-state index in [-0.39, 0.29) is 16.5 Å². The molecule has 3 aromatic heterocycles. The van der Waals surface area contributed by atoms with Crippen molar-refractivity contribution in [2.75, 3.05) is 31.1 Å². The quantitative estimate of drug-likeness (QED) is 0.293. The lowest BCUT2D eigenvalue weighted by Crippen LogP contribution is -2.49. The zero-order valence-corrected chi connectivity index (χ0v) is 22.0. The Morgan fingerprint density at radius 2 is 1.63 bits per heavy atom. The maximum Gasteiger partial charge on any atom is 0.196 e. The van der Waals surface area contributed by atoms with Crippen LogP contribution in [0.25, 0.3) is 22.1 Å². The number of sulfone groups is 1. The summed E-state index contributed by atoms with van der Waals surface area (Å²) in [7, 11) is -3.53. The number of rotatable bonds is 6. The topological polar surface area (TPSA) is 105 Å². The molecule has 0 aliphatic carbocycles. The van der Waals surface area contributed by atoms with Crippen LogP contribution in [-0.4, -0.2) is 64.4 Å². The van der Waals surface area contributed by atoms with E-state index in [0.29, 0.717) is 12.0 Å². The molecule has 0 atom stereocenters. The second-order valence-corrected chi connectivity index (χ2v) is 11.5. The zero-order valence-electron chi connectivity index (χ0n) is 20.4. The molecule has 1 aliphatic heterocycles. The lowest BCUT2D eigenvalue weighted by molar-refractivity contribution is 0.385. The molecular formula is C27H24N6O3S2. The van der Waals surface area contributed by atoms with Crippen LogP contribution in [0.3, 0.4) is 0 Å². The van der Waals surface area contributed by atoms with Gasteiger partial charge in [-0.15, -0.1) is 0 Å². The number of thiocarbonyl (C=S) groups is 1. The number of piperazine rings is 1. The molecule has 0 N–H and O–H groups in total. The molecular weight excluding hydrogens is 520 g/mol. The van der Waals surface area contributed by atoms with Crippen LogP contribution in [0.1, 0.15) is 11.4 Å². The highest BCUT2D eigenvalue weighted by atomic mass is 32.2. The Morgan fingerprint density at radius 1 is 0.895 bits per heavy atom. The molecule has 0 amide bonds. The molecule has 1 saturated heterocycles. The van der Waals surface area contributed by atoms with Crippen molar-refractivity contribution in [3.05, 3.63) is 84.7 Å². The first-order valence-electron chi connectivity index (χ1n) is 12.2. The molecule has 6 rings (SSSR count). The number of furan rings is 1. The van der Waals surface area contributed by atoms with Crippen molar-refractivity contribution in [2.45, 2.75) is 17.1 Å². The van der Waals surface area contributed by atoms with Gasteiger partial charge in [-0.05, 0) is 35.9 Å². The highest BCUT2D eigenvalue weighted by molar-refractivity contribution is 7.90. The molecule has 192 valence electrons. The molecule has 11 heteroatoms. The van der Waals surface area contributed by atoms with Crippen LogP contribution < -0.4 is 4.90 Å². The van der Waals surface area contributed by atoms with E-state index in [9.17, 15) is 8.42 Å². The van der Waals surface area contributed by atoms with Gasteiger partial charge < -0.3 is 14.2 Å². The summed E-state index contributed by atoms with van der Waals surface area (Å²) in [4.78, 5) is 22.5. The Kier molecular flexibility index (Phi) is 6.46. The summed E-state index contributed by atoms with van der Waals surface area (Å²) in [5.41, 5.74) is 3.30. The number of benzene rings is 2. The predicted molar refractivity (Wildman–Crippen MR) is 149 cm³/mol. The van der Waals surface area contributed by atoms with Gasteiger partial charge in [0.25, 0.3) is 0 Å². The molecule has 5 aromatic rings. The average molecular weight is 545 g/mol. The molecule has 0 radical (unpaired) electrons. The van der Waals surface area contributed by atoms with Crippen LogP contribution in [-0.2, 0) is 22.0 Å². The summed E-state index contributed by atoms with van der Waals surface area (Å²) < 4.78 is 31.6. The highest BCUT2D eigenvalue weighted by Crippen LogP contribution is 2.32. The van der Waals surface area contributed by atoms with Gasteiger partial charge in [-0.2, -0.15) is 0 Å². The fourth-order valence-electron chi connectivity index (χ4n) is 4.66. The Balaban J connectivity index is 1.09. The standard InChI is InChI=1S/C27H24N6O3S2/c34-38(35,17-23-28-10-3-11-29-23)20-8-6-19(7-9-20)16-24(37)32-12-14-33(15-13-32)27-26-25(30-18-31-27)21-4-1-2-5-22(21)36-26/h1-11,18H,12-17H2. The van der Waals surface area contributed by atoms with Gasteiger partial charge in [-0.1, -0.05) is 36.5 Å². The number of hydrogen-bond donors (Lipinski definition) is 0. The second-order valence-electron chi connectivity index (χ2n) is 9.09. The smallest absolute Gasteiger partial charge is 0.196 e. The van der Waals surface area contributed by atoms with E-state index < -0.39 is 9.84 Å². The average Bonchev–Trinajstić information content (AvgIpc) is 3.33. The minimum absolute atomic E-state index is 0.234. The molecule has 38 heavy (non-hydrogen) atoms. The minimum atomic E-state index is -3.53. The zero-order chi connectivity index (χ0) is 26.1. The third-order valence-electron chi connectivity index (χ3n) is 6.65. The number of para-hydroxylation sites is 1. The van der Waals surface area contributed by atoms with E-state index in [2.05, 4.69) is 29.7 Å². The summed E-state index contributed by atoms with van der Waals surface area (Å²) in [6.45, 7) is 3.02. The fraction of sp³-hybridized carbons (Fsp3) is 0.222. The van der Waals surface area contributed by atoms with Crippen molar-refractivity contribution in [1.82, 2.24) is 24.8 Å². The highest BCUT2D eigenvalue weighted by Gasteiger charge is 2.24. The Labute approximate surface area is 225 Å². The van der Waals surface area contributed by atoms with Crippen molar-refractivity contribution in [3.8, 4) is 0 Å². The van der Waals surface area contributed by atoms with Gasteiger partial charge in [0.2, 0.25) is 0 Å². The molecule has 2 aromatic carbocycles. The van der Waals surface area contributed by atoms with Gasteiger partial charge in [0.05, 0.1) is 9.88 Å². The maximum absolute atomic E-state index is 12.7. The number of hydrogen-bond acceptors (Lipinski definition) is 9. The first-order chi connectivity index (χ1) is 18.5. The van der Waals surface area contributed by atoms with Gasteiger partial charge >= 0.3 is 0 Å². The van der Waals surface area contributed by atoms with Crippen LogP contribution in [0.15, 0.2) is 82.6 Å². The normalized spacial score (nSPS) is 14.3. The van der Waals surface area contributed by atoms with Crippen LogP contribution >= 0.6 is 12.2 Å². The molecule has 0 saturated carbocycles. The van der Waals surface area contributed by atoms with Gasteiger partial charge in [-0.25, -0.2) is 28.4 Å². The summed E-state index contributed by atoms with van der Waals surface area (Å²) in [5, 5.41) is 0.984. The third-order valence-corrected chi connectivity index (χ3v) is 8.68. The van der Waals surface area contributed by atoms with Gasteiger partial charge in [0, 0.05) is 50.4 Å². The van der Waals surface area contributed by atoms with Crippen LogP contribution in [0.2, 0.25) is 0 Å². The van der Waals surface area contributed by atoms with E-state index in [1.807, 2.05) is 36.4 Å². The van der Waals surface area contributed by atoms with Crippen molar-refractivity contribution >= 4 is 54.9 Å². The van der Waals surface area contributed by atoms with Gasteiger partial charge in [0.15, 0.2) is 21.2 Å². The molecule has 1 aliphatic rings. The number of nitrogens with zero attached hydrogens (tertiary/aromatic N) is 6. The predicted octanol–water partition coefficient (Wildman–Crippen LogP) is 3.83. The summed E-state index contributed by atoms with van der Waals surface area (Å²) in [6, 6.07) is 16.4. The monoisotopic (exact) mass is 544 g/mol. The van der Waals surface area contributed by atoms with E-state index in [0.717, 1.165) is 59.0 Å². The summed E-state index contributed by atoms with van der Waals surface area (Å²) in [5.74, 6) is 0.845. The molecule has 0 unspecified atom stereocenters. The van der Waals surface area contributed by atoms with Gasteiger partial charge in [-0.3, -0.25) is 0 Å². The van der Waals surface area contributed by atoms with E-state index in [1.165, 1.54) is 12.4 Å². The first-order valence-corrected chi connectivity index (χ1v) is 14.3. The molecule has 0 bridgehead atoms. The SMILES string of the molecule is O=S(=O)(Cc1ncccn1)c1ccc(CC(=S)N2CCN(c3ncnc4c3oc3ccccc34)CC2)cc1. The molecule has 0 spiro atoms. The number of aromatic nitrogens is 4. The summed E-state index contributed by atoms with van der Waals surface area (Å²) in [6.07, 6.45) is 5.23. The molecule has 1 fully saturated rings. The van der Waals surface area contributed by atoms with Crippen molar-refractivity contribution in [1.29, 1.82) is 0 Å². The second kappa shape index (κ2) is 10.1. The van der Waals surface area contributed by atoms with Crippen molar-refractivity contribution < 1.29 is 12.8 Å². The van der Waals surface area contributed by atoms with E-state index in [1.54, 1.807) is 24.5 Å². The maximum atomic E-state index is 12.7. The van der Waals surface area contributed by atoms with Crippen LogP contribution in [0.5, 0.6) is 0 Å². The lowest BCUT2D eigenvalue weighted by Gasteiger charge is -2.36. The lowest BCUT2D eigenvalue weighted by atomic mass is 10.1. The Bertz CT molecular complexity index is 1710. The first kappa shape index (κ1) is 24.4. The van der Waals surface area contributed by atoms with Crippen LogP contribution in [0.4, 0.5) is 5.82 Å². The van der Waals surface area contributed by atoms with Crippen LogP contribution in [0, 0.1) is 0 Å².